The lowest BCUT2D eigenvalue weighted by Gasteiger charge is -2.19. The van der Waals surface area contributed by atoms with E-state index in [0.717, 1.165) is 31.2 Å². The molecule has 0 unspecified atom stereocenters. The zero-order valence-electron chi connectivity index (χ0n) is 20.7. The Morgan fingerprint density at radius 3 is 2.42 bits per heavy atom. The molecule has 1 aromatic carbocycles. The van der Waals surface area contributed by atoms with Crippen LogP contribution in [0.1, 0.15) is 49.9 Å². The molecule has 10 nitrogen and oxygen atoms in total. The number of likely N-dealkylation sites (tertiary alicyclic amines) is 1. The molecule has 198 valence electrons. The second kappa shape index (κ2) is 13.1. The van der Waals surface area contributed by atoms with E-state index >= 15 is 0 Å². The highest BCUT2D eigenvalue weighted by Crippen LogP contribution is 2.20. The highest BCUT2D eigenvalue weighted by Gasteiger charge is 2.25. The number of esters is 1. The molecule has 1 aliphatic heterocycles. The van der Waals surface area contributed by atoms with Gasteiger partial charge >= 0.3 is 5.97 Å². The second-order valence-electron chi connectivity index (χ2n) is 8.47. The van der Waals surface area contributed by atoms with Crippen molar-refractivity contribution < 1.29 is 32.3 Å². The molecule has 36 heavy (non-hydrogen) atoms. The van der Waals surface area contributed by atoms with E-state index in [1.54, 1.807) is 34.6 Å². The first kappa shape index (κ1) is 28.0. The van der Waals surface area contributed by atoms with Crippen molar-refractivity contribution in [3.8, 4) is 0 Å². The van der Waals surface area contributed by atoms with Crippen molar-refractivity contribution >= 4 is 49.2 Å². The Morgan fingerprint density at radius 2 is 1.75 bits per heavy atom. The summed E-state index contributed by atoms with van der Waals surface area (Å²) in [6, 6.07) is 5.04. The fraction of sp³-hybridized carbons (Fsp3) is 0.583. The monoisotopic (exact) mass is 539 g/mol. The van der Waals surface area contributed by atoms with Crippen LogP contribution < -0.4 is 4.80 Å². The third-order valence-corrected chi connectivity index (χ3v) is 8.14. The van der Waals surface area contributed by atoms with Crippen molar-refractivity contribution in [2.75, 3.05) is 44.4 Å². The first-order valence-electron chi connectivity index (χ1n) is 12.2. The third kappa shape index (κ3) is 7.71. The summed E-state index contributed by atoms with van der Waals surface area (Å²) in [5.41, 5.74) is 1.11. The fourth-order valence-corrected chi connectivity index (χ4v) is 6.21. The van der Waals surface area contributed by atoms with Gasteiger partial charge in [0.25, 0.3) is 5.91 Å². The lowest BCUT2D eigenvalue weighted by atomic mass is 10.2. The summed E-state index contributed by atoms with van der Waals surface area (Å²) in [5, 5.41) is 0. The maximum atomic E-state index is 12.7. The Morgan fingerprint density at radius 1 is 1.03 bits per heavy atom. The van der Waals surface area contributed by atoms with Crippen LogP contribution in [0.3, 0.4) is 0 Å². The SMILES string of the molecule is CCOCCn1c(=NC(=O)CS(=O)(=O)CC(=O)N2CCCCCC2)sc2cc(C(=O)OCC)ccc21. The predicted molar refractivity (Wildman–Crippen MR) is 137 cm³/mol. The van der Waals surface area contributed by atoms with Gasteiger partial charge in [0, 0.05) is 26.2 Å². The Hall–Kier alpha value is -2.57. The van der Waals surface area contributed by atoms with Crippen LogP contribution >= 0.6 is 11.3 Å². The van der Waals surface area contributed by atoms with Crippen LogP contribution in [0.15, 0.2) is 23.2 Å². The van der Waals surface area contributed by atoms with Crippen molar-refractivity contribution in [2.45, 2.75) is 46.1 Å². The van der Waals surface area contributed by atoms with E-state index in [1.165, 1.54) is 11.3 Å². The lowest BCUT2D eigenvalue weighted by molar-refractivity contribution is -0.128. The molecule has 0 spiro atoms. The smallest absolute Gasteiger partial charge is 0.338 e. The van der Waals surface area contributed by atoms with Crippen LogP contribution in [0.2, 0.25) is 0 Å². The van der Waals surface area contributed by atoms with Crippen molar-refractivity contribution in [3.63, 3.8) is 0 Å². The Labute approximate surface area is 214 Å². The average Bonchev–Trinajstić information content (AvgIpc) is 2.98. The molecular formula is C24H33N3O7S2. The van der Waals surface area contributed by atoms with Gasteiger partial charge in [-0.2, -0.15) is 4.99 Å². The van der Waals surface area contributed by atoms with E-state index in [0.29, 0.717) is 47.9 Å². The van der Waals surface area contributed by atoms with Crippen LogP contribution in [0.5, 0.6) is 0 Å². The van der Waals surface area contributed by atoms with Crippen molar-refractivity contribution in [2.24, 2.45) is 4.99 Å². The number of thiazole rings is 1. The summed E-state index contributed by atoms with van der Waals surface area (Å²) in [7, 11) is -3.97. The second-order valence-corrected chi connectivity index (χ2v) is 11.5. The van der Waals surface area contributed by atoms with Gasteiger partial charge in [0.1, 0.15) is 11.5 Å². The molecule has 12 heteroatoms. The molecule has 1 fully saturated rings. The van der Waals surface area contributed by atoms with Crippen molar-refractivity contribution in [1.82, 2.24) is 9.47 Å². The summed E-state index contributed by atoms with van der Waals surface area (Å²) in [4.78, 5) is 43.3. The van der Waals surface area contributed by atoms with Crippen LogP contribution in [0.4, 0.5) is 0 Å². The number of amides is 2. The molecule has 0 radical (unpaired) electrons. The molecule has 2 heterocycles. The van der Waals surface area contributed by atoms with Crippen LogP contribution in [-0.4, -0.2) is 80.1 Å². The van der Waals surface area contributed by atoms with Gasteiger partial charge in [-0.3, -0.25) is 9.59 Å². The minimum absolute atomic E-state index is 0.249. The van der Waals surface area contributed by atoms with Gasteiger partial charge in [-0.1, -0.05) is 24.2 Å². The van der Waals surface area contributed by atoms with Gasteiger partial charge in [0.15, 0.2) is 14.6 Å². The molecule has 0 saturated carbocycles. The largest absolute Gasteiger partial charge is 0.462 e. The highest BCUT2D eigenvalue weighted by molar-refractivity contribution is 7.92. The predicted octanol–water partition coefficient (Wildman–Crippen LogP) is 2.16. The van der Waals surface area contributed by atoms with E-state index < -0.39 is 39.1 Å². The number of hydrogen-bond donors (Lipinski definition) is 0. The first-order valence-corrected chi connectivity index (χ1v) is 14.8. The minimum Gasteiger partial charge on any atom is -0.462 e. The first-order chi connectivity index (χ1) is 17.2. The van der Waals surface area contributed by atoms with Crippen molar-refractivity contribution in [1.29, 1.82) is 0 Å². The zero-order chi connectivity index (χ0) is 26.1. The molecule has 3 rings (SSSR count). The standard InChI is InChI=1S/C24H33N3O7S2/c1-3-33-14-13-27-19-10-9-18(23(30)34-4-2)15-20(19)35-24(27)25-21(28)16-36(31,32)17-22(29)26-11-7-5-6-8-12-26/h9-10,15H,3-8,11-14,16-17H2,1-2H3. The average molecular weight is 540 g/mol. The number of carbonyl (C=O) groups is 3. The Kier molecular flexibility index (Phi) is 10.2. The van der Waals surface area contributed by atoms with E-state index in [2.05, 4.69) is 4.99 Å². The zero-order valence-corrected chi connectivity index (χ0v) is 22.4. The fourth-order valence-electron chi connectivity index (χ4n) is 3.99. The number of ether oxygens (including phenoxy) is 2. The number of aromatic nitrogens is 1. The number of hydrogen-bond acceptors (Lipinski definition) is 8. The maximum absolute atomic E-state index is 12.7. The number of sulfone groups is 1. The lowest BCUT2D eigenvalue weighted by Crippen LogP contribution is -2.37. The normalized spacial score (nSPS) is 15.2. The topological polar surface area (TPSA) is 124 Å². The summed E-state index contributed by atoms with van der Waals surface area (Å²) < 4.78 is 38.2. The molecule has 1 aliphatic rings. The van der Waals surface area contributed by atoms with E-state index in [-0.39, 0.29) is 6.61 Å². The molecule has 0 aliphatic carbocycles. The van der Waals surface area contributed by atoms with Gasteiger partial charge in [0.2, 0.25) is 5.91 Å². The van der Waals surface area contributed by atoms with Gasteiger partial charge < -0.3 is 18.9 Å². The van der Waals surface area contributed by atoms with Gasteiger partial charge in [-0.05, 0) is 44.9 Å². The maximum Gasteiger partial charge on any atom is 0.338 e. The number of benzene rings is 1. The molecule has 2 aromatic rings. The quantitative estimate of drug-likeness (QED) is 0.335. The van der Waals surface area contributed by atoms with Gasteiger partial charge in [0.05, 0.1) is 29.0 Å². The molecule has 0 bridgehead atoms. The summed E-state index contributed by atoms with van der Waals surface area (Å²) in [6.07, 6.45) is 3.75. The molecule has 2 amide bonds. The van der Waals surface area contributed by atoms with Crippen molar-refractivity contribution in [3.05, 3.63) is 28.6 Å². The summed E-state index contributed by atoms with van der Waals surface area (Å²) in [6.45, 7) is 6.20. The van der Waals surface area contributed by atoms with Crippen LogP contribution in [-0.2, 0) is 35.4 Å². The van der Waals surface area contributed by atoms with Gasteiger partial charge in [-0.25, -0.2) is 13.2 Å². The number of fused-ring (bicyclic) bond motifs is 1. The number of nitrogens with zero attached hydrogens (tertiary/aromatic N) is 3. The summed E-state index contributed by atoms with van der Waals surface area (Å²) >= 11 is 1.17. The Bertz CT molecular complexity index is 1260. The van der Waals surface area contributed by atoms with Gasteiger partial charge in [-0.15, -0.1) is 0 Å². The Balaban J connectivity index is 1.83. The van der Waals surface area contributed by atoms with Crippen LogP contribution in [0, 0.1) is 0 Å². The molecule has 0 N–H and O–H groups in total. The highest BCUT2D eigenvalue weighted by atomic mass is 32.2. The summed E-state index contributed by atoms with van der Waals surface area (Å²) in [5.74, 6) is -3.32. The molecular weight excluding hydrogens is 506 g/mol. The molecule has 1 saturated heterocycles. The number of carbonyl (C=O) groups excluding carboxylic acids is 3. The van der Waals surface area contributed by atoms with E-state index in [9.17, 15) is 22.8 Å². The molecule has 0 atom stereocenters. The van der Waals surface area contributed by atoms with Crippen LogP contribution in [0.25, 0.3) is 10.2 Å². The minimum atomic E-state index is -3.97. The number of rotatable bonds is 10. The van der Waals surface area contributed by atoms with E-state index in [1.807, 2.05) is 6.92 Å². The van der Waals surface area contributed by atoms with E-state index in [4.69, 9.17) is 9.47 Å². The third-order valence-electron chi connectivity index (χ3n) is 5.72. The molecule has 1 aromatic heterocycles.